The number of amides is 1. The molecule has 1 amide bonds. The van der Waals surface area contributed by atoms with E-state index in [9.17, 15) is 14.4 Å². The smallest absolute Gasteiger partial charge is 0.349 e. The number of hydrogen-bond donors (Lipinski definition) is 1. The Morgan fingerprint density at radius 3 is 2.62 bits per heavy atom. The van der Waals surface area contributed by atoms with Gasteiger partial charge in [0.25, 0.3) is 5.91 Å². The van der Waals surface area contributed by atoms with E-state index in [1.54, 1.807) is 42.5 Å². The SMILES string of the molecule is O=C(CCCOc1ccc(Cl)cc1Cl)OCCCNC(=O)c1cc2ccccc2oc1=O. The number of para-hydroxylation sites is 1. The maximum atomic E-state index is 12.2. The summed E-state index contributed by atoms with van der Waals surface area (Å²) in [6.45, 7) is 0.701. The van der Waals surface area contributed by atoms with E-state index in [1.165, 1.54) is 6.07 Å². The third-order valence-electron chi connectivity index (χ3n) is 4.43. The van der Waals surface area contributed by atoms with Crippen LogP contribution >= 0.6 is 23.2 Å². The highest BCUT2D eigenvalue weighted by Crippen LogP contribution is 2.27. The Bertz CT molecular complexity index is 1160. The molecule has 3 rings (SSSR count). The molecular weight excluding hydrogens is 457 g/mol. The average molecular weight is 478 g/mol. The van der Waals surface area contributed by atoms with Gasteiger partial charge in [0.2, 0.25) is 0 Å². The summed E-state index contributed by atoms with van der Waals surface area (Å²) >= 11 is 11.8. The van der Waals surface area contributed by atoms with Gasteiger partial charge in [-0.3, -0.25) is 9.59 Å². The average Bonchev–Trinajstić information content (AvgIpc) is 2.77. The van der Waals surface area contributed by atoms with Crippen LogP contribution in [0.5, 0.6) is 5.75 Å². The molecular formula is C23H21Cl2NO6. The van der Waals surface area contributed by atoms with Gasteiger partial charge in [-0.15, -0.1) is 0 Å². The van der Waals surface area contributed by atoms with E-state index in [4.69, 9.17) is 37.1 Å². The molecule has 0 radical (unpaired) electrons. The first-order chi connectivity index (χ1) is 15.4. The second-order valence-electron chi connectivity index (χ2n) is 6.84. The van der Waals surface area contributed by atoms with Crippen LogP contribution in [0.3, 0.4) is 0 Å². The van der Waals surface area contributed by atoms with Gasteiger partial charge in [0.1, 0.15) is 16.9 Å². The molecule has 1 heterocycles. The van der Waals surface area contributed by atoms with Crippen LogP contribution < -0.4 is 15.7 Å². The highest BCUT2D eigenvalue weighted by atomic mass is 35.5. The predicted molar refractivity (Wildman–Crippen MR) is 122 cm³/mol. The molecule has 7 nitrogen and oxygen atoms in total. The molecule has 0 atom stereocenters. The monoisotopic (exact) mass is 477 g/mol. The van der Waals surface area contributed by atoms with E-state index in [0.717, 1.165) is 0 Å². The lowest BCUT2D eigenvalue weighted by molar-refractivity contribution is -0.143. The Hall–Kier alpha value is -3.03. The molecule has 0 fully saturated rings. The van der Waals surface area contributed by atoms with Crippen LogP contribution in [0.1, 0.15) is 29.6 Å². The Morgan fingerprint density at radius 2 is 1.81 bits per heavy atom. The molecule has 0 bridgehead atoms. The summed E-state index contributed by atoms with van der Waals surface area (Å²) in [5.41, 5.74) is -0.348. The first kappa shape index (κ1) is 23.6. The second kappa shape index (κ2) is 11.5. The summed E-state index contributed by atoms with van der Waals surface area (Å²) in [7, 11) is 0. The Morgan fingerprint density at radius 1 is 1.00 bits per heavy atom. The quantitative estimate of drug-likeness (QED) is 0.260. The summed E-state index contributed by atoms with van der Waals surface area (Å²) in [5, 5.41) is 4.21. The number of nitrogens with one attached hydrogen (secondary N) is 1. The number of esters is 1. The number of fused-ring (bicyclic) bond motifs is 1. The summed E-state index contributed by atoms with van der Waals surface area (Å²) in [5.74, 6) is -0.397. The van der Waals surface area contributed by atoms with Crippen LogP contribution in [-0.2, 0) is 9.53 Å². The Balaban J connectivity index is 1.31. The summed E-state index contributed by atoms with van der Waals surface area (Å²) in [4.78, 5) is 36.0. The lowest BCUT2D eigenvalue weighted by Crippen LogP contribution is -2.29. The second-order valence-corrected chi connectivity index (χ2v) is 7.69. The van der Waals surface area contributed by atoms with E-state index in [2.05, 4.69) is 5.32 Å². The van der Waals surface area contributed by atoms with Crippen LogP contribution in [0.15, 0.2) is 57.7 Å². The molecule has 2 aromatic carbocycles. The minimum absolute atomic E-state index is 0.0681. The third kappa shape index (κ3) is 6.73. The number of ether oxygens (including phenoxy) is 2. The van der Waals surface area contributed by atoms with Crippen molar-refractivity contribution in [3.05, 3.63) is 74.6 Å². The molecule has 0 saturated heterocycles. The zero-order valence-corrected chi connectivity index (χ0v) is 18.6. The lowest BCUT2D eigenvalue weighted by Gasteiger charge is -2.09. The van der Waals surface area contributed by atoms with Crippen molar-refractivity contribution >= 4 is 46.0 Å². The van der Waals surface area contributed by atoms with Crippen LogP contribution in [-0.4, -0.2) is 31.6 Å². The Labute approximate surface area is 194 Å². The van der Waals surface area contributed by atoms with Gasteiger partial charge in [-0.25, -0.2) is 4.79 Å². The standard InChI is InChI=1S/C23H21Cl2NO6/c24-16-8-9-20(18(25)14-16)30-11-3-7-21(27)31-12-4-10-26-22(28)17-13-15-5-1-2-6-19(15)32-23(17)29/h1-2,5-6,8-9,13-14H,3-4,7,10-12H2,(H,26,28). The molecule has 1 aromatic heterocycles. The number of benzene rings is 2. The molecule has 3 aromatic rings. The zero-order chi connectivity index (χ0) is 22.9. The minimum Gasteiger partial charge on any atom is -0.492 e. The molecule has 0 aliphatic rings. The molecule has 168 valence electrons. The highest BCUT2D eigenvalue weighted by Gasteiger charge is 2.13. The number of halogens is 2. The first-order valence-electron chi connectivity index (χ1n) is 9.98. The van der Waals surface area contributed by atoms with Crippen molar-refractivity contribution in [1.29, 1.82) is 0 Å². The van der Waals surface area contributed by atoms with Crippen LogP contribution in [0, 0.1) is 0 Å². The predicted octanol–water partition coefficient (Wildman–Crippen LogP) is 4.62. The molecule has 0 aliphatic carbocycles. The van der Waals surface area contributed by atoms with E-state index in [0.29, 0.717) is 46.2 Å². The van der Waals surface area contributed by atoms with Gasteiger partial charge in [0.15, 0.2) is 0 Å². The molecule has 32 heavy (non-hydrogen) atoms. The lowest BCUT2D eigenvalue weighted by atomic mass is 10.2. The summed E-state index contributed by atoms with van der Waals surface area (Å²) in [6.07, 6.45) is 1.06. The van der Waals surface area contributed by atoms with Crippen molar-refractivity contribution in [2.45, 2.75) is 19.3 Å². The minimum atomic E-state index is -0.699. The fraction of sp³-hybridized carbons (Fsp3) is 0.261. The van der Waals surface area contributed by atoms with Gasteiger partial charge < -0.3 is 19.2 Å². The van der Waals surface area contributed by atoms with Gasteiger partial charge in [0.05, 0.1) is 18.2 Å². The first-order valence-corrected chi connectivity index (χ1v) is 10.7. The molecule has 0 aliphatic heterocycles. The summed E-state index contributed by atoms with van der Waals surface area (Å²) in [6, 6.07) is 13.4. The normalized spacial score (nSPS) is 10.7. The highest BCUT2D eigenvalue weighted by molar-refractivity contribution is 6.35. The molecule has 0 saturated carbocycles. The van der Waals surface area contributed by atoms with Gasteiger partial charge >= 0.3 is 11.6 Å². The van der Waals surface area contributed by atoms with Gasteiger partial charge in [-0.05, 0) is 43.2 Å². The topological polar surface area (TPSA) is 94.8 Å². The third-order valence-corrected chi connectivity index (χ3v) is 4.96. The van der Waals surface area contributed by atoms with E-state index in [1.807, 2.05) is 0 Å². The van der Waals surface area contributed by atoms with Crippen molar-refractivity contribution in [3.8, 4) is 5.75 Å². The van der Waals surface area contributed by atoms with Crippen molar-refractivity contribution < 1.29 is 23.5 Å². The maximum absolute atomic E-state index is 12.2. The molecule has 0 spiro atoms. The van der Waals surface area contributed by atoms with E-state index < -0.39 is 11.5 Å². The summed E-state index contributed by atoms with van der Waals surface area (Å²) < 4.78 is 15.8. The zero-order valence-electron chi connectivity index (χ0n) is 17.1. The van der Waals surface area contributed by atoms with Crippen molar-refractivity contribution in [2.24, 2.45) is 0 Å². The van der Waals surface area contributed by atoms with Gasteiger partial charge in [0, 0.05) is 23.4 Å². The molecule has 0 unspecified atom stereocenters. The number of carbonyl (C=O) groups excluding carboxylic acids is 2. The van der Waals surface area contributed by atoms with E-state index >= 15 is 0 Å². The van der Waals surface area contributed by atoms with Crippen LogP contribution in [0.2, 0.25) is 10.0 Å². The number of carbonyl (C=O) groups is 2. The largest absolute Gasteiger partial charge is 0.492 e. The van der Waals surface area contributed by atoms with Crippen molar-refractivity contribution in [1.82, 2.24) is 5.32 Å². The van der Waals surface area contributed by atoms with Crippen molar-refractivity contribution in [3.63, 3.8) is 0 Å². The van der Waals surface area contributed by atoms with Crippen LogP contribution in [0.25, 0.3) is 11.0 Å². The number of rotatable bonds is 10. The number of hydrogen-bond acceptors (Lipinski definition) is 6. The maximum Gasteiger partial charge on any atom is 0.349 e. The van der Waals surface area contributed by atoms with Crippen LogP contribution in [0.4, 0.5) is 0 Å². The molecule has 1 N–H and O–H groups in total. The fourth-order valence-electron chi connectivity index (χ4n) is 2.84. The Kier molecular flexibility index (Phi) is 8.53. The molecule has 9 heteroatoms. The van der Waals surface area contributed by atoms with Crippen molar-refractivity contribution in [2.75, 3.05) is 19.8 Å². The van der Waals surface area contributed by atoms with Gasteiger partial charge in [-0.2, -0.15) is 0 Å². The van der Waals surface area contributed by atoms with Gasteiger partial charge in [-0.1, -0.05) is 41.4 Å². The van der Waals surface area contributed by atoms with E-state index in [-0.39, 0.29) is 31.1 Å². The fourth-order valence-corrected chi connectivity index (χ4v) is 3.30.